The molecule has 0 fully saturated rings. The molecule has 2 amide bonds. The fraction of sp³-hybridized carbons (Fsp3) is 0.500. The Morgan fingerprint density at radius 2 is 2.37 bits per heavy atom. The molecule has 1 aromatic heterocycles. The number of aromatic amines is 1. The fourth-order valence-electron chi connectivity index (χ4n) is 1.83. The molecule has 2 rings (SSSR count). The van der Waals surface area contributed by atoms with Crippen LogP contribution in [0.25, 0.3) is 0 Å². The Morgan fingerprint density at radius 3 is 3.05 bits per heavy atom. The molecule has 102 valence electrons. The molecule has 0 bridgehead atoms. The standard InChI is InChI=1S/C12H17N5O2/c1-17-11(18)5-4-9(16-17)12(19)15-6-2-3-10-13-7-8-14-10/h7-8H,2-6H2,1H3,(H,13,14)(H,15,19). The van der Waals surface area contributed by atoms with Crippen molar-refractivity contribution in [3.8, 4) is 0 Å². The number of aromatic nitrogens is 2. The van der Waals surface area contributed by atoms with Crippen LogP contribution in [0.2, 0.25) is 0 Å². The van der Waals surface area contributed by atoms with Crippen molar-refractivity contribution < 1.29 is 9.59 Å². The molecular weight excluding hydrogens is 246 g/mol. The van der Waals surface area contributed by atoms with Gasteiger partial charge in [0.2, 0.25) is 5.91 Å². The molecule has 7 nitrogen and oxygen atoms in total. The van der Waals surface area contributed by atoms with Crippen molar-refractivity contribution in [2.24, 2.45) is 5.10 Å². The SMILES string of the molecule is CN1N=C(C(=O)NCCCc2ncc[nH]2)CCC1=O. The first-order valence-corrected chi connectivity index (χ1v) is 6.27. The maximum Gasteiger partial charge on any atom is 0.267 e. The smallest absolute Gasteiger partial charge is 0.267 e. The van der Waals surface area contributed by atoms with Gasteiger partial charge in [0, 0.05) is 45.2 Å². The van der Waals surface area contributed by atoms with Crippen LogP contribution in [-0.4, -0.2) is 46.1 Å². The van der Waals surface area contributed by atoms with Crippen LogP contribution in [0.4, 0.5) is 0 Å². The molecule has 0 spiro atoms. The zero-order chi connectivity index (χ0) is 13.7. The van der Waals surface area contributed by atoms with E-state index >= 15 is 0 Å². The van der Waals surface area contributed by atoms with E-state index in [0.717, 1.165) is 18.7 Å². The van der Waals surface area contributed by atoms with E-state index in [2.05, 4.69) is 20.4 Å². The lowest BCUT2D eigenvalue weighted by atomic mass is 10.1. The molecule has 0 aliphatic carbocycles. The highest BCUT2D eigenvalue weighted by molar-refractivity contribution is 6.39. The summed E-state index contributed by atoms with van der Waals surface area (Å²) in [5, 5.41) is 7.99. The summed E-state index contributed by atoms with van der Waals surface area (Å²) in [4.78, 5) is 30.2. The quantitative estimate of drug-likeness (QED) is 0.736. The third-order valence-corrected chi connectivity index (χ3v) is 2.90. The minimum atomic E-state index is -0.196. The van der Waals surface area contributed by atoms with Gasteiger partial charge in [0.15, 0.2) is 0 Å². The first kappa shape index (κ1) is 13.3. The van der Waals surface area contributed by atoms with E-state index < -0.39 is 0 Å². The van der Waals surface area contributed by atoms with Gasteiger partial charge in [0.05, 0.1) is 0 Å². The highest BCUT2D eigenvalue weighted by atomic mass is 16.2. The average molecular weight is 263 g/mol. The first-order valence-electron chi connectivity index (χ1n) is 6.27. The maximum absolute atomic E-state index is 11.8. The minimum absolute atomic E-state index is 0.0608. The van der Waals surface area contributed by atoms with Crippen molar-refractivity contribution in [1.82, 2.24) is 20.3 Å². The van der Waals surface area contributed by atoms with Crippen LogP contribution in [-0.2, 0) is 16.0 Å². The lowest BCUT2D eigenvalue weighted by Crippen LogP contribution is -2.38. The Balaban J connectivity index is 1.72. The van der Waals surface area contributed by atoms with E-state index in [1.807, 2.05) is 0 Å². The van der Waals surface area contributed by atoms with Crippen LogP contribution in [0.5, 0.6) is 0 Å². The molecule has 1 aliphatic heterocycles. The van der Waals surface area contributed by atoms with Crippen LogP contribution >= 0.6 is 0 Å². The summed E-state index contributed by atoms with van der Waals surface area (Å²) < 4.78 is 0. The predicted molar refractivity (Wildman–Crippen MR) is 69.4 cm³/mol. The van der Waals surface area contributed by atoms with Crippen LogP contribution < -0.4 is 5.32 Å². The van der Waals surface area contributed by atoms with Gasteiger partial charge in [0.1, 0.15) is 11.5 Å². The maximum atomic E-state index is 11.8. The van der Waals surface area contributed by atoms with E-state index in [1.54, 1.807) is 19.4 Å². The van der Waals surface area contributed by atoms with E-state index in [9.17, 15) is 9.59 Å². The number of carbonyl (C=O) groups excluding carboxylic acids is 2. The van der Waals surface area contributed by atoms with Gasteiger partial charge in [0.25, 0.3) is 5.91 Å². The lowest BCUT2D eigenvalue weighted by molar-refractivity contribution is -0.130. The van der Waals surface area contributed by atoms with Crippen LogP contribution in [0.3, 0.4) is 0 Å². The third-order valence-electron chi connectivity index (χ3n) is 2.90. The van der Waals surface area contributed by atoms with E-state index in [4.69, 9.17) is 0 Å². The number of imidazole rings is 1. The normalized spacial score (nSPS) is 15.3. The molecule has 2 heterocycles. The van der Waals surface area contributed by atoms with Gasteiger partial charge < -0.3 is 10.3 Å². The Hall–Kier alpha value is -2.18. The fourth-order valence-corrected chi connectivity index (χ4v) is 1.83. The van der Waals surface area contributed by atoms with Crippen molar-refractivity contribution in [1.29, 1.82) is 0 Å². The zero-order valence-corrected chi connectivity index (χ0v) is 10.8. The molecule has 1 aliphatic rings. The number of hydrazone groups is 1. The van der Waals surface area contributed by atoms with Crippen LogP contribution in [0, 0.1) is 0 Å². The van der Waals surface area contributed by atoms with E-state index in [1.165, 1.54) is 5.01 Å². The number of nitrogens with zero attached hydrogens (tertiary/aromatic N) is 3. The topological polar surface area (TPSA) is 90.4 Å². The van der Waals surface area contributed by atoms with Gasteiger partial charge in [-0.2, -0.15) is 5.10 Å². The Bertz CT molecular complexity index is 480. The Labute approximate surface area is 111 Å². The highest BCUT2D eigenvalue weighted by Crippen LogP contribution is 2.06. The molecule has 7 heteroatoms. The third kappa shape index (κ3) is 3.64. The van der Waals surface area contributed by atoms with Crippen molar-refractivity contribution in [2.75, 3.05) is 13.6 Å². The number of nitrogens with one attached hydrogen (secondary N) is 2. The van der Waals surface area contributed by atoms with Gasteiger partial charge in [-0.05, 0) is 6.42 Å². The second-order valence-corrected chi connectivity index (χ2v) is 4.36. The van der Waals surface area contributed by atoms with Crippen molar-refractivity contribution in [2.45, 2.75) is 25.7 Å². The van der Waals surface area contributed by atoms with E-state index in [-0.39, 0.29) is 11.8 Å². The summed E-state index contributed by atoms with van der Waals surface area (Å²) in [5.41, 5.74) is 0.417. The minimum Gasteiger partial charge on any atom is -0.351 e. The van der Waals surface area contributed by atoms with Crippen molar-refractivity contribution >= 4 is 17.5 Å². The van der Waals surface area contributed by atoms with Gasteiger partial charge in [-0.25, -0.2) is 9.99 Å². The monoisotopic (exact) mass is 263 g/mol. The Morgan fingerprint density at radius 1 is 1.53 bits per heavy atom. The van der Waals surface area contributed by atoms with Crippen molar-refractivity contribution in [3.63, 3.8) is 0 Å². The van der Waals surface area contributed by atoms with Crippen molar-refractivity contribution in [3.05, 3.63) is 18.2 Å². The summed E-state index contributed by atoms with van der Waals surface area (Å²) in [5.74, 6) is 0.655. The molecule has 0 radical (unpaired) electrons. The second kappa shape index (κ2) is 6.12. The second-order valence-electron chi connectivity index (χ2n) is 4.36. The molecular formula is C12H17N5O2. The number of hydrogen-bond acceptors (Lipinski definition) is 4. The number of amides is 2. The van der Waals surface area contributed by atoms with E-state index in [0.29, 0.717) is 25.1 Å². The number of rotatable bonds is 5. The van der Waals surface area contributed by atoms with Crippen LogP contribution in [0.15, 0.2) is 17.5 Å². The largest absolute Gasteiger partial charge is 0.351 e. The molecule has 0 atom stereocenters. The van der Waals surface area contributed by atoms with Gasteiger partial charge in [-0.1, -0.05) is 0 Å². The predicted octanol–water partition coefficient (Wildman–Crippen LogP) is 0.0667. The molecule has 0 aromatic carbocycles. The lowest BCUT2D eigenvalue weighted by Gasteiger charge is -2.18. The van der Waals surface area contributed by atoms with Gasteiger partial charge >= 0.3 is 0 Å². The highest BCUT2D eigenvalue weighted by Gasteiger charge is 2.21. The average Bonchev–Trinajstić information content (AvgIpc) is 2.91. The number of hydrogen-bond donors (Lipinski definition) is 2. The molecule has 0 unspecified atom stereocenters. The number of carbonyl (C=O) groups is 2. The molecule has 0 saturated heterocycles. The summed E-state index contributed by atoms with van der Waals surface area (Å²) in [6, 6.07) is 0. The molecule has 0 saturated carbocycles. The molecule has 2 N–H and O–H groups in total. The summed E-state index contributed by atoms with van der Waals surface area (Å²) in [6.45, 7) is 0.566. The van der Waals surface area contributed by atoms with Gasteiger partial charge in [-0.3, -0.25) is 9.59 Å². The van der Waals surface area contributed by atoms with Crippen LogP contribution in [0.1, 0.15) is 25.1 Å². The summed E-state index contributed by atoms with van der Waals surface area (Å²) >= 11 is 0. The first-order chi connectivity index (χ1) is 9.16. The molecule has 1 aromatic rings. The summed E-state index contributed by atoms with van der Waals surface area (Å²) in [6.07, 6.45) is 5.83. The number of H-pyrrole nitrogens is 1. The number of aryl methyl sites for hydroxylation is 1. The molecule has 19 heavy (non-hydrogen) atoms. The van der Waals surface area contributed by atoms with Gasteiger partial charge in [-0.15, -0.1) is 0 Å². The zero-order valence-electron chi connectivity index (χ0n) is 10.8. The summed E-state index contributed by atoms with van der Waals surface area (Å²) in [7, 11) is 1.56. The Kier molecular flexibility index (Phi) is 4.27.